The maximum atomic E-state index is 12.9. The molecule has 0 aliphatic carbocycles. The van der Waals surface area contributed by atoms with Crippen molar-refractivity contribution in [2.45, 2.75) is 0 Å². The van der Waals surface area contributed by atoms with Gasteiger partial charge in [0.1, 0.15) is 11.6 Å². The number of nitrogens with zero attached hydrogens (tertiary/aromatic N) is 1. The van der Waals surface area contributed by atoms with Gasteiger partial charge in [0.25, 0.3) is 0 Å². The standard InChI is InChI=1S/C9H6ClFN2/c10-8-4-5(11)3-7-6(8)1-2-13-9(7)12/h1-4H,(H2,12,13). The van der Waals surface area contributed by atoms with Crippen molar-refractivity contribution in [3.63, 3.8) is 0 Å². The van der Waals surface area contributed by atoms with E-state index in [9.17, 15) is 4.39 Å². The Labute approximate surface area is 79.1 Å². The maximum absolute atomic E-state index is 12.9. The number of nitrogens with two attached hydrogens (primary N) is 1. The van der Waals surface area contributed by atoms with Gasteiger partial charge in [-0.15, -0.1) is 0 Å². The van der Waals surface area contributed by atoms with Gasteiger partial charge in [-0.2, -0.15) is 0 Å². The molecule has 0 bridgehead atoms. The van der Waals surface area contributed by atoms with Crippen molar-refractivity contribution < 1.29 is 4.39 Å². The van der Waals surface area contributed by atoms with Crippen molar-refractivity contribution in [2.24, 2.45) is 0 Å². The minimum Gasteiger partial charge on any atom is -0.383 e. The van der Waals surface area contributed by atoms with Crippen molar-refractivity contribution in [2.75, 3.05) is 5.73 Å². The summed E-state index contributed by atoms with van der Waals surface area (Å²) >= 11 is 5.81. The lowest BCUT2D eigenvalue weighted by Crippen LogP contribution is -1.91. The Balaban J connectivity index is 2.94. The van der Waals surface area contributed by atoms with Gasteiger partial charge in [-0.1, -0.05) is 11.6 Å². The highest BCUT2D eigenvalue weighted by Gasteiger charge is 2.04. The Bertz CT molecular complexity index is 470. The summed E-state index contributed by atoms with van der Waals surface area (Å²) in [5.41, 5.74) is 5.56. The van der Waals surface area contributed by atoms with Gasteiger partial charge in [0.15, 0.2) is 0 Å². The van der Waals surface area contributed by atoms with Crippen LogP contribution in [0.4, 0.5) is 10.2 Å². The Morgan fingerprint density at radius 2 is 2.08 bits per heavy atom. The van der Waals surface area contributed by atoms with Gasteiger partial charge < -0.3 is 5.73 Å². The predicted molar refractivity (Wildman–Crippen MR) is 51.1 cm³/mol. The number of aromatic nitrogens is 1. The summed E-state index contributed by atoms with van der Waals surface area (Å²) in [5, 5.41) is 1.62. The summed E-state index contributed by atoms with van der Waals surface area (Å²) in [7, 11) is 0. The van der Waals surface area contributed by atoms with Crippen molar-refractivity contribution in [1.82, 2.24) is 4.98 Å². The van der Waals surface area contributed by atoms with E-state index >= 15 is 0 Å². The number of halogens is 2. The number of benzene rings is 1. The van der Waals surface area contributed by atoms with Crippen LogP contribution in [-0.2, 0) is 0 Å². The van der Waals surface area contributed by atoms with E-state index in [0.29, 0.717) is 16.2 Å². The number of nitrogen functional groups attached to an aromatic ring is 1. The van der Waals surface area contributed by atoms with Crippen LogP contribution < -0.4 is 5.73 Å². The molecule has 0 fully saturated rings. The fourth-order valence-electron chi connectivity index (χ4n) is 1.23. The van der Waals surface area contributed by atoms with Gasteiger partial charge in [-0.25, -0.2) is 9.37 Å². The largest absolute Gasteiger partial charge is 0.383 e. The molecule has 0 aliphatic heterocycles. The van der Waals surface area contributed by atoms with Crippen molar-refractivity contribution >= 4 is 28.2 Å². The molecule has 0 saturated carbocycles. The minimum atomic E-state index is -0.405. The molecule has 0 aliphatic rings. The topological polar surface area (TPSA) is 38.9 Å². The molecule has 4 heteroatoms. The molecule has 2 rings (SSSR count). The van der Waals surface area contributed by atoms with Crippen LogP contribution in [0.5, 0.6) is 0 Å². The predicted octanol–water partition coefficient (Wildman–Crippen LogP) is 2.61. The van der Waals surface area contributed by atoms with Crippen LogP contribution >= 0.6 is 11.6 Å². The van der Waals surface area contributed by atoms with Crippen molar-refractivity contribution in [3.8, 4) is 0 Å². The van der Waals surface area contributed by atoms with E-state index in [-0.39, 0.29) is 0 Å². The van der Waals surface area contributed by atoms with Crippen LogP contribution in [0, 0.1) is 5.82 Å². The highest BCUT2D eigenvalue weighted by molar-refractivity contribution is 6.35. The second-order valence-corrected chi connectivity index (χ2v) is 3.09. The highest BCUT2D eigenvalue weighted by Crippen LogP contribution is 2.27. The third kappa shape index (κ3) is 1.31. The maximum Gasteiger partial charge on any atom is 0.131 e. The number of hydrogen-bond donors (Lipinski definition) is 1. The molecule has 0 saturated heterocycles. The fraction of sp³-hybridized carbons (Fsp3) is 0. The molecule has 2 nitrogen and oxygen atoms in total. The van der Waals surface area contributed by atoms with E-state index in [2.05, 4.69) is 4.98 Å². The van der Waals surface area contributed by atoms with E-state index < -0.39 is 5.82 Å². The molecule has 0 unspecified atom stereocenters. The van der Waals surface area contributed by atoms with Crippen LogP contribution in [0.2, 0.25) is 5.02 Å². The molecule has 0 radical (unpaired) electrons. The van der Waals surface area contributed by atoms with Crippen molar-refractivity contribution in [1.29, 1.82) is 0 Å². The molecule has 0 atom stereocenters. The Kier molecular flexibility index (Phi) is 1.81. The van der Waals surface area contributed by atoms with E-state index in [0.717, 1.165) is 5.39 Å². The van der Waals surface area contributed by atoms with Gasteiger partial charge in [-0.3, -0.25) is 0 Å². The van der Waals surface area contributed by atoms with Gasteiger partial charge in [0.2, 0.25) is 0 Å². The van der Waals surface area contributed by atoms with E-state index in [4.69, 9.17) is 17.3 Å². The number of anilines is 1. The summed E-state index contributed by atoms with van der Waals surface area (Å²) in [6.07, 6.45) is 1.54. The minimum absolute atomic E-state index is 0.291. The highest BCUT2D eigenvalue weighted by atomic mass is 35.5. The Hall–Kier alpha value is -1.35. The molecule has 0 amide bonds. The van der Waals surface area contributed by atoms with Crippen LogP contribution in [0.25, 0.3) is 10.8 Å². The molecule has 0 spiro atoms. The molecular formula is C9H6ClFN2. The molecule has 13 heavy (non-hydrogen) atoms. The summed E-state index contributed by atoms with van der Waals surface area (Å²) in [5.74, 6) is -0.115. The smallest absolute Gasteiger partial charge is 0.131 e. The van der Waals surface area contributed by atoms with Gasteiger partial charge in [-0.05, 0) is 18.2 Å². The van der Waals surface area contributed by atoms with Gasteiger partial charge in [0, 0.05) is 17.0 Å². The Morgan fingerprint density at radius 1 is 1.31 bits per heavy atom. The summed E-state index contributed by atoms with van der Waals surface area (Å²) < 4.78 is 12.9. The summed E-state index contributed by atoms with van der Waals surface area (Å²) in [6, 6.07) is 4.28. The molecule has 1 aromatic heterocycles. The van der Waals surface area contributed by atoms with E-state index in [1.165, 1.54) is 12.1 Å². The first-order chi connectivity index (χ1) is 6.18. The third-order valence-corrected chi connectivity index (χ3v) is 2.14. The van der Waals surface area contributed by atoms with Crippen molar-refractivity contribution in [3.05, 3.63) is 35.2 Å². The number of hydrogen-bond acceptors (Lipinski definition) is 2. The SMILES string of the molecule is Nc1nccc2c(Cl)cc(F)cc12. The molecule has 2 N–H and O–H groups in total. The zero-order chi connectivity index (χ0) is 9.42. The fourth-order valence-corrected chi connectivity index (χ4v) is 1.50. The monoisotopic (exact) mass is 196 g/mol. The average Bonchev–Trinajstić information content (AvgIpc) is 2.07. The second-order valence-electron chi connectivity index (χ2n) is 2.68. The number of rotatable bonds is 0. The van der Waals surface area contributed by atoms with E-state index in [1.807, 2.05) is 0 Å². The number of fused-ring (bicyclic) bond motifs is 1. The molecular weight excluding hydrogens is 191 g/mol. The van der Waals surface area contributed by atoms with Crippen LogP contribution in [0.1, 0.15) is 0 Å². The summed E-state index contributed by atoms with van der Waals surface area (Å²) in [6.45, 7) is 0. The summed E-state index contributed by atoms with van der Waals surface area (Å²) in [4.78, 5) is 3.84. The lowest BCUT2D eigenvalue weighted by Gasteiger charge is -2.02. The first kappa shape index (κ1) is 8.26. The van der Waals surface area contributed by atoms with Crippen LogP contribution in [0.3, 0.4) is 0 Å². The second kappa shape index (κ2) is 2.85. The first-order valence-corrected chi connectivity index (χ1v) is 4.05. The van der Waals surface area contributed by atoms with Crippen LogP contribution in [0.15, 0.2) is 24.4 Å². The lowest BCUT2D eigenvalue weighted by atomic mass is 10.1. The molecule has 66 valence electrons. The zero-order valence-corrected chi connectivity index (χ0v) is 7.35. The molecule has 1 heterocycles. The quantitative estimate of drug-likeness (QED) is 0.704. The Morgan fingerprint density at radius 3 is 2.85 bits per heavy atom. The van der Waals surface area contributed by atoms with Gasteiger partial charge >= 0.3 is 0 Å². The lowest BCUT2D eigenvalue weighted by molar-refractivity contribution is 0.630. The molecule has 2 aromatic rings. The third-order valence-electron chi connectivity index (χ3n) is 1.83. The first-order valence-electron chi connectivity index (χ1n) is 3.68. The van der Waals surface area contributed by atoms with E-state index in [1.54, 1.807) is 12.3 Å². The van der Waals surface area contributed by atoms with Crippen LogP contribution in [-0.4, -0.2) is 4.98 Å². The normalized spacial score (nSPS) is 10.6. The zero-order valence-electron chi connectivity index (χ0n) is 6.59. The average molecular weight is 197 g/mol. The number of pyridine rings is 1. The molecule has 1 aromatic carbocycles. The van der Waals surface area contributed by atoms with Gasteiger partial charge in [0.05, 0.1) is 5.02 Å².